The highest BCUT2D eigenvalue weighted by Crippen LogP contribution is 2.37. The number of benzene rings is 2. The van der Waals surface area contributed by atoms with E-state index in [9.17, 15) is 19.5 Å². The van der Waals surface area contributed by atoms with E-state index in [1.165, 1.54) is 19.1 Å². The monoisotopic (exact) mass is 610 g/mol. The van der Waals surface area contributed by atoms with Gasteiger partial charge in [-0.3, -0.25) is 4.79 Å². The van der Waals surface area contributed by atoms with E-state index in [2.05, 4.69) is 33.1 Å². The summed E-state index contributed by atoms with van der Waals surface area (Å²) in [5, 5.41) is 16.2. The van der Waals surface area contributed by atoms with Gasteiger partial charge in [-0.1, -0.05) is 48.5 Å². The van der Waals surface area contributed by atoms with Crippen LogP contribution in [0.25, 0.3) is 0 Å². The Morgan fingerprint density at radius 3 is 2.29 bits per heavy atom. The van der Waals surface area contributed by atoms with E-state index >= 15 is 0 Å². The van der Waals surface area contributed by atoms with Gasteiger partial charge in [0.15, 0.2) is 5.75 Å². The number of esters is 1. The molecule has 0 spiro atoms. The molecular formula is C27H32BrClN2O7. The van der Waals surface area contributed by atoms with Gasteiger partial charge in [0.25, 0.3) is 0 Å². The second-order valence-corrected chi connectivity index (χ2v) is 10.7. The minimum atomic E-state index is -1.59. The number of alkyl carbamates (subject to hydrolysis) is 1. The Morgan fingerprint density at radius 2 is 1.76 bits per heavy atom. The first-order chi connectivity index (χ1) is 17.7. The maximum atomic E-state index is 13.2. The molecule has 0 heterocycles. The van der Waals surface area contributed by atoms with Gasteiger partial charge in [-0.25, -0.2) is 9.59 Å². The van der Waals surface area contributed by atoms with Gasteiger partial charge in [-0.15, -0.1) is 0 Å². The molecule has 2 rings (SSSR count). The summed E-state index contributed by atoms with van der Waals surface area (Å²) >= 11 is 9.86. The Labute approximate surface area is 235 Å². The first-order valence-electron chi connectivity index (χ1n) is 11.6. The van der Waals surface area contributed by atoms with Crippen molar-refractivity contribution < 1.29 is 33.7 Å². The van der Waals surface area contributed by atoms with E-state index in [4.69, 9.17) is 25.8 Å². The number of hydrogen-bond donors (Lipinski definition) is 3. The number of nitrogens with one attached hydrogen (secondary N) is 2. The average Bonchev–Trinajstić information content (AvgIpc) is 2.83. The van der Waals surface area contributed by atoms with Crippen LogP contribution in [0.3, 0.4) is 0 Å². The van der Waals surface area contributed by atoms with Crippen molar-refractivity contribution in [1.82, 2.24) is 10.6 Å². The van der Waals surface area contributed by atoms with Crippen LogP contribution in [-0.2, 0) is 25.7 Å². The van der Waals surface area contributed by atoms with Crippen molar-refractivity contribution >= 4 is 45.5 Å². The molecule has 206 valence electrons. The number of methoxy groups -OCH3 is 1. The van der Waals surface area contributed by atoms with Crippen LogP contribution in [0.4, 0.5) is 4.79 Å². The van der Waals surface area contributed by atoms with E-state index in [0.717, 1.165) is 12.7 Å². The van der Waals surface area contributed by atoms with Crippen molar-refractivity contribution in [1.29, 1.82) is 0 Å². The molecule has 38 heavy (non-hydrogen) atoms. The lowest BCUT2D eigenvalue weighted by Gasteiger charge is -2.28. The molecule has 3 atom stereocenters. The van der Waals surface area contributed by atoms with Crippen molar-refractivity contribution in [3.8, 4) is 5.75 Å². The summed E-state index contributed by atoms with van der Waals surface area (Å²) in [6.45, 7) is 10.4. The number of halogens is 2. The summed E-state index contributed by atoms with van der Waals surface area (Å²) in [4.78, 5) is 37.9. The number of aliphatic hydroxyl groups is 1. The van der Waals surface area contributed by atoms with Crippen LogP contribution in [0.15, 0.2) is 59.1 Å². The number of amides is 2. The largest absolute Gasteiger partial charge is 0.486 e. The lowest BCUT2D eigenvalue weighted by atomic mass is 10.0. The van der Waals surface area contributed by atoms with Gasteiger partial charge in [0.05, 0.1) is 16.6 Å². The fourth-order valence-corrected chi connectivity index (χ4v) is 4.25. The SMILES string of the molecule is C=C(C)[C@H](NC(=O)[C@@H](NC(=O)OC(C)(C)C)[C@@H](O)c1cc(Cl)c(OCc2ccccc2)c(Br)c1)C(=O)OC. The molecule has 3 N–H and O–H groups in total. The molecule has 0 fully saturated rings. The Morgan fingerprint density at radius 1 is 1.13 bits per heavy atom. The van der Waals surface area contributed by atoms with Gasteiger partial charge >= 0.3 is 12.1 Å². The Kier molecular flexibility index (Phi) is 11.2. The maximum Gasteiger partial charge on any atom is 0.408 e. The van der Waals surface area contributed by atoms with Gasteiger partial charge < -0.3 is 30.0 Å². The predicted octanol–water partition coefficient (Wildman–Crippen LogP) is 4.84. The van der Waals surface area contributed by atoms with Crippen LogP contribution >= 0.6 is 27.5 Å². The molecule has 9 nitrogen and oxygen atoms in total. The molecule has 0 aliphatic rings. The molecule has 0 saturated heterocycles. The van der Waals surface area contributed by atoms with E-state index in [0.29, 0.717) is 15.8 Å². The number of aliphatic hydroxyl groups excluding tert-OH is 1. The normalized spacial score (nSPS) is 13.5. The van der Waals surface area contributed by atoms with Gasteiger partial charge in [-0.05, 0) is 72.5 Å². The smallest absolute Gasteiger partial charge is 0.408 e. The van der Waals surface area contributed by atoms with Crippen LogP contribution < -0.4 is 15.4 Å². The fourth-order valence-electron chi connectivity index (χ4n) is 3.27. The molecule has 2 amide bonds. The number of ether oxygens (including phenoxy) is 3. The first kappa shape index (κ1) is 31.1. The van der Waals surface area contributed by atoms with Crippen LogP contribution in [0.1, 0.15) is 44.9 Å². The molecule has 0 aliphatic heterocycles. The Bertz CT molecular complexity index is 1140. The van der Waals surface area contributed by atoms with Gasteiger partial charge in [0.1, 0.15) is 30.4 Å². The van der Waals surface area contributed by atoms with Crippen LogP contribution in [0, 0.1) is 0 Å². The summed E-state index contributed by atoms with van der Waals surface area (Å²) in [5.41, 5.74) is 0.541. The molecule has 0 aliphatic carbocycles. The molecule has 0 aromatic heterocycles. The van der Waals surface area contributed by atoms with E-state index < -0.39 is 41.8 Å². The number of carbonyl (C=O) groups excluding carboxylic acids is 3. The van der Waals surface area contributed by atoms with Crippen molar-refractivity contribution in [2.45, 2.75) is 58.1 Å². The number of hydrogen-bond acceptors (Lipinski definition) is 7. The quantitative estimate of drug-likeness (QED) is 0.259. The zero-order chi connectivity index (χ0) is 28.6. The summed E-state index contributed by atoms with van der Waals surface area (Å²) in [5.74, 6) is -1.30. The highest BCUT2D eigenvalue weighted by atomic mass is 79.9. The van der Waals surface area contributed by atoms with Crippen molar-refractivity contribution in [3.05, 3.63) is 75.2 Å². The van der Waals surface area contributed by atoms with Gasteiger partial charge in [0, 0.05) is 0 Å². The number of carbonyl (C=O) groups is 3. The summed E-state index contributed by atoms with van der Waals surface area (Å²) in [6, 6.07) is 9.63. The van der Waals surface area contributed by atoms with Crippen molar-refractivity contribution in [2.75, 3.05) is 7.11 Å². The Balaban J connectivity index is 2.35. The van der Waals surface area contributed by atoms with Crippen molar-refractivity contribution in [3.63, 3.8) is 0 Å². The van der Waals surface area contributed by atoms with E-state index in [1.807, 2.05) is 30.3 Å². The molecule has 11 heteroatoms. The van der Waals surface area contributed by atoms with Crippen LogP contribution in [0.5, 0.6) is 5.75 Å². The molecule has 0 saturated carbocycles. The lowest BCUT2D eigenvalue weighted by Crippen LogP contribution is -2.55. The van der Waals surface area contributed by atoms with Crippen LogP contribution in [0.2, 0.25) is 5.02 Å². The zero-order valence-electron chi connectivity index (χ0n) is 21.8. The third-order valence-electron chi connectivity index (χ3n) is 5.07. The summed E-state index contributed by atoms with van der Waals surface area (Å²) < 4.78 is 16.2. The topological polar surface area (TPSA) is 123 Å². The Hall–Kier alpha value is -3.08. The lowest BCUT2D eigenvalue weighted by molar-refractivity contribution is -0.144. The molecule has 2 aromatic rings. The second-order valence-electron chi connectivity index (χ2n) is 9.47. The summed E-state index contributed by atoms with van der Waals surface area (Å²) in [6.07, 6.45) is -2.54. The van der Waals surface area contributed by atoms with Gasteiger partial charge in [0.2, 0.25) is 5.91 Å². The highest BCUT2D eigenvalue weighted by Gasteiger charge is 2.35. The zero-order valence-corrected chi connectivity index (χ0v) is 24.2. The standard InChI is InChI=1S/C27H32BrClN2O7/c1-15(2)20(25(34)36-6)30-24(33)21(31-26(35)38-27(3,4)5)22(32)17-12-18(28)23(19(29)13-17)37-14-16-10-8-7-9-11-16/h7-13,20-22,32H,1,14H2,2-6H3,(H,30,33)(H,31,35)/t20-,21-,22-/m0/s1. The minimum absolute atomic E-state index is 0.162. The van der Waals surface area contributed by atoms with Crippen LogP contribution in [-0.4, -0.2) is 47.9 Å². The molecule has 0 radical (unpaired) electrons. The van der Waals surface area contributed by atoms with E-state index in [-0.39, 0.29) is 17.2 Å². The second kappa shape index (κ2) is 13.6. The maximum absolute atomic E-state index is 13.2. The molecule has 2 aromatic carbocycles. The summed E-state index contributed by atoms with van der Waals surface area (Å²) in [7, 11) is 1.16. The van der Waals surface area contributed by atoms with Gasteiger partial charge in [-0.2, -0.15) is 0 Å². The third-order valence-corrected chi connectivity index (χ3v) is 5.94. The average molecular weight is 612 g/mol. The predicted molar refractivity (Wildman–Crippen MR) is 147 cm³/mol. The van der Waals surface area contributed by atoms with Crippen molar-refractivity contribution in [2.24, 2.45) is 0 Å². The molecule has 0 bridgehead atoms. The first-order valence-corrected chi connectivity index (χ1v) is 12.8. The number of rotatable bonds is 10. The highest BCUT2D eigenvalue weighted by molar-refractivity contribution is 9.10. The fraction of sp³-hybridized carbons (Fsp3) is 0.370. The molecular weight excluding hydrogens is 580 g/mol. The minimum Gasteiger partial charge on any atom is -0.486 e. The third kappa shape index (κ3) is 9.04. The van der Waals surface area contributed by atoms with E-state index in [1.54, 1.807) is 20.8 Å². The molecule has 0 unspecified atom stereocenters.